The lowest BCUT2D eigenvalue weighted by atomic mass is 10.0. The van der Waals surface area contributed by atoms with Gasteiger partial charge in [-0.05, 0) is 26.0 Å². The number of aryl methyl sites for hydroxylation is 1. The van der Waals surface area contributed by atoms with Crippen molar-refractivity contribution in [3.63, 3.8) is 0 Å². The standard InChI is InChI=1S/C13H12F3N3O4/c1-7-5-9(3-4-10(7)19(22)23)11(20)18-12(21,13(14,15)16)6-8(2)17-18/h3-5,21H,6H2,1-2H3/t12-/m0/s1. The molecule has 0 aromatic heterocycles. The normalized spacial score (nSPS) is 21.3. The minimum Gasteiger partial charge on any atom is -0.362 e. The molecule has 0 aliphatic carbocycles. The van der Waals surface area contributed by atoms with Gasteiger partial charge in [0.05, 0.1) is 4.92 Å². The quantitative estimate of drug-likeness (QED) is 0.665. The van der Waals surface area contributed by atoms with Gasteiger partial charge in [-0.25, -0.2) is 0 Å². The first-order valence-corrected chi connectivity index (χ1v) is 6.40. The number of aliphatic hydroxyl groups is 1. The molecular formula is C13H12F3N3O4. The van der Waals surface area contributed by atoms with E-state index in [9.17, 15) is 33.2 Å². The molecule has 0 radical (unpaired) electrons. The number of nitro benzene ring substituents is 1. The van der Waals surface area contributed by atoms with Gasteiger partial charge in [0.15, 0.2) is 0 Å². The molecule has 0 spiro atoms. The van der Waals surface area contributed by atoms with Gasteiger partial charge in [-0.15, -0.1) is 0 Å². The van der Waals surface area contributed by atoms with Crippen molar-refractivity contribution >= 4 is 17.3 Å². The first kappa shape index (κ1) is 16.9. The molecule has 0 fully saturated rings. The maximum absolute atomic E-state index is 13.1. The molecule has 0 saturated carbocycles. The molecule has 2 rings (SSSR count). The second-order valence-electron chi connectivity index (χ2n) is 5.20. The third kappa shape index (κ3) is 2.77. The van der Waals surface area contributed by atoms with Gasteiger partial charge >= 0.3 is 6.18 Å². The zero-order chi connectivity index (χ0) is 17.6. The van der Waals surface area contributed by atoms with Gasteiger partial charge in [0, 0.05) is 29.3 Å². The van der Waals surface area contributed by atoms with Crippen LogP contribution in [0.3, 0.4) is 0 Å². The highest BCUT2D eigenvalue weighted by Crippen LogP contribution is 2.41. The summed E-state index contributed by atoms with van der Waals surface area (Å²) in [5, 5.41) is 24.0. The number of benzene rings is 1. The van der Waals surface area contributed by atoms with Crippen LogP contribution in [-0.4, -0.2) is 38.6 Å². The molecule has 0 saturated heterocycles. The summed E-state index contributed by atoms with van der Waals surface area (Å²) in [6.45, 7) is 2.61. The van der Waals surface area contributed by atoms with E-state index in [-0.39, 0.29) is 27.5 Å². The number of nitro groups is 1. The summed E-state index contributed by atoms with van der Waals surface area (Å²) >= 11 is 0. The van der Waals surface area contributed by atoms with Crippen LogP contribution in [-0.2, 0) is 0 Å². The minimum atomic E-state index is -5.10. The number of amides is 1. The molecule has 1 aliphatic rings. The van der Waals surface area contributed by atoms with E-state index < -0.39 is 29.2 Å². The van der Waals surface area contributed by atoms with Crippen molar-refractivity contribution in [3.05, 3.63) is 39.4 Å². The Balaban J connectivity index is 2.43. The predicted molar refractivity (Wildman–Crippen MR) is 72.7 cm³/mol. The Morgan fingerprint density at radius 3 is 2.52 bits per heavy atom. The third-order valence-corrected chi connectivity index (χ3v) is 3.41. The summed E-state index contributed by atoms with van der Waals surface area (Å²) in [4.78, 5) is 22.3. The topological polar surface area (TPSA) is 96.0 Å². The Morgan fingerprint density at radius 1 is 1.43 bits per heavy atom. The van der Waals surface area contributed by atoms with Crippen LogP contribution in [0, 0.1) is 17.0 Å². The van der Waals surface area contributed by atoms with Crippen LogP contribution in [0.15, 0.2) is 23.3 Å². The van der Waals surface area contributed by atoms with Gasteiger partial charge in [0.1, 0.15) is 0 Å². The number of halogens is 3. The molecular weight excluding hydrogens is 319 g/mol. The van der Waals surface area contributed by atoms with Crippen LogP contribution in [0.4, 0.5) is 18.9 Å². The molecule has 1 atom stereocenters. The maximum atomic E-state index is 13.1. The van der Waals surface area contributed by atoms with Gasteiger partial charge < -0.3 is 5.11 Å². The van der Waals surface area contributed by atoms with E-state index in [0.29, 0.717) is 0 Å². The van der Waals surface area contributed by atoms with Gasteiger partial charge in [-0.2, -0.15) is 23.3 Å². The molecule has 1 amide bonds. The highest BCUT2D eigenvalue weighted by Gasteiger charge is 2.62. The minimum absolute atomic E-state index is 0.0249. The number of hydrogen-bond donors (Lipinski definition) is 1. The average molecular weight is 331 g/mol. The zero-order valence-electron chi connectivity index (χ0n) is 12.1. The number of hydrazone groups is 1. The Kier molecular flexibility index (Phi) is 3.89. The van der Waals surface area contributed by atoms with Crippen LogP contribution in [0.1, 0.15) is 29.3 Å². The number of rotatable bonds is 2. The summed E-state index contributed by atoms with van der Waals surface area (Å²) in [5.74, 6) is -1.19. The molecule has 1 N–H and O–H groups in total. The number of nitrogens with zero attached hydrogens (tertiary/aromatic N) is 3. The van der Waals surface area contributed by atoms with Gasteiger partial charge in [-0.3, -0.25) is 14.9 Å². The molecule has 23 heavy (non-hydrogen) atoms. The molecule has 1 heterocycles. The number of alkyl halides is 3. The summed E-state index contributed by atoms with van der Waals surface area (Å²) in [6, 6.07) is 3.12. The molecule has 1 aromatic carbocycles. The van der Waals surface area contributed by atoms with Crippen LogP contribution >= 0.6 is 0 Å². The Labute approximate surface area is 128 Å². The lowest BCUT2D eigenvalue weighted by Gasteiger charge is -2.32. The molecule has 0 unspecified atom stereocenters. The van der Waals surface area contributed by atoms with E-state index in [1.54, 1.807) is 0 Å². The van der Waals surface area contributed by atoms with Crippen molar-refractivity contribution in [2.24, 2.45) is 5.10 Å². The second-order valence-corrected chi connectivity index (χ2v) is 5.20. The lowest BCUT2D eigenvalue weighted by molar-refractivity contribution is -0.385. The Bertz CT molecular complexity index is 717. The smallest absolute Gasteiger partial charge is 0.362 e. The van der Waals surface area contributed by atoms with Crippen LogP contribution in [0.5, 0.6) is 0 Å². The summed E-state index contributed by atoms with van der Waals surface area (Å²) < 4.78 is 39.3. The summed E-state index contributed by atoms with van der Waals surface area (Å²) in [5.41, 5.74) is -3.89. The first-order valence-electron chi connectivity index (χ1n) is 6.40. The fourth-order valence-corrected chi connectivity index (χ4v) is 2.27. The van der Waals surface area contributed by atoms with Crippen molar-refractivity contribution < 1.29 is 28.0 Å². The van der Waals surface area contributed by atoms with E-state index >= 15 is 0 Å². The van der Waals surface area contributed by atoms with E-state index in [1.807, 2.05) is 0 Å². The van der Waals surface area contributed by atoms with Gasteiger partial charge in [0.2, 0.25) is 0 Å². The molecule has 1 aliphatic heterocycles. The highest BCUT2D eigenvalue weighted by molar-refractivity contribution is 5.98. The number of carbonyl (C=O) groups excluding carboxylic acids is 1. The summed E-state index contributed by atoms with van der Waals surface area (Å²) in [6.07, 6.45) is -5.95. The van der Waals surface area contributed by atoms with Gasteiger partial charge in [-0.1, -0.05) is 0 Å². The van der Waals surface area contributed by atoms with Crippen LogP contribution in [0.2, 0.25) is 0 Å². The molecule has 10 heteroatoms. The SMILES string of the molecule is CC1=NN(C(=O)c2ccc([N+](=O)[O-])c(C)c2)[C@@](O)(C(F)(F)F)C1. The van der Waals surface area contributed by atoms with Crippen molar-refractivity contribution in [3.8, 4) is 0 Å². The zero-order valence-corrected chi connectivity index (χ0v) is 12.1. The largest absolute Gasteiger partial charge is 0.438 e. The fourth-order valence-electron chi connectivity index (χ4n) is 2.27. The fraction of sp³-hybridized carbons (Fsp3) is 0.385. The van der Waals surface area contributed by atoms with E-state index in [1.165, 1.54) is 13.8 Å². The second kappa shape index (κ2) is 5.30. The highest BCUT2D eigenvalue weighted by atomic mass is 19.4. The third-order valence-electron chi connectivity index (χ3n) is 3.41. The number of carbonyl (C=O) groups is 1. The molecule has 1 aromatic rings. The molecule has 124 valence electrons. The van der Waals surface area contributed by atoms with Crippen LogP contribution in [0.25, 0.3) is 0 Å². The average Bonchev–Trinajstić information content (AvgIpc) is 2.73. The number of hydrogen-bond acceptors (Lipinski definition) is 5. The van der Waals surface area contributed by atoms with Crippen LogP contribution < -0.4 is 0 Å². The van der Waals surface area contributed by atoms with Crippen molar-refractivity contribution in [1.29, 1.82) is 0 Å². The van der Waals surface area contributed by atoms with Gasteiger partial charge in [0.25, 0.3) is 17.3 Å². The summed E-state index contributed by atoms with van der Waals surface area (Å²) in [7, 11) is 0. The van der Waals surface area contributed by atoms with Crippen molar-refractivity contribution in [2.45, 2.75) is 32.2 Å². The van der Waals surface area contributed by atoms with Crippen molar-refractivity contribution in [2.75, 3.05) is 0 Å². The predicted octanol–water partition coefficient (Wildman–Crippen LogP) is 2.38. The molecule has 7 nitrogen and oxygen atoms in total. The van der Waals surface area contributed by atoms with Crippen molar-refractivity contribution in [1.82, 2.24) is 5.01 Å². The Hall–Kier alpha value is -2.49. The molecule has 0 bridgehead atoms. The van der Waals surface area contributed by atoms with E-state index in [0.717, 1.165) is 18.2 Å². The Morgan fingerprint density at radius 2 is 2.04 bits per heavy atom. The monoisotopic (exact) mass is 331 g/mol. The van der Waals surface area contributed by atoms with E-state index in [4.69, 9.17) is 0 Å². The maximum Gasteiger partial charge on any atom is 0.438 e. The van der Waals surface area contributed by atoms with E-state index in [2.05, 4.69) is 5.10 Å². The first-order chi connectivity index (χ1) is 10.5. The lowest BCUT2D eigenvalue weighted by Crippen LogP contribution is -2.56.